The van der Waals surface area contributed by atoms with E-state index in [1.807, 2.05) is 20.8 Å². The second-order valence-electron chi connectivity index (χ2n) is 7.33. The molecule has 0 atom stereocenters. The van der Waals surface area contributed by atoms with Crippen molar-refractivity contribution in [1.82, 2.24) is 15.0 Å². The molecule has 140 valence electrons. The van der Waals surface area contributed by atoms with Gasteiger partial charge >= 0.3 is 6.09 Å². The molecule has 0 unspecified atom stereocenters. The molecule has 1 fully saturated rings. The second kappa shape index (κ2) is 7.45. The van der Waals surface area contributed by atoms with Crippen molar-refractivity contribution in [2.75, 3.05) is 13.1 Å². The number of halogens is 2. The third kappa shape index (κ3) is 4.48. The molecule has 0 radical (unpaired) electrons. The number of hydrogen-bond donors (Lipinski definition) is 0. The van der Waals surface area contributed by atoms with Crippen LogP contribution in [0.15, 0.2) is 22.7 Å². The zero-order chi connectivity index (χ0) is 18.9. The molecule has 0 saturated carbocycles. The Morgan fingerprint density at radius 3 is 2.54 bits per heavy atom. The summed E-state index contributed by atoms with van der Waals surface area (Å²) in [7, 11) is 0. The summed E-state index contributed by atoms with van der Waals surface area (Å²) in [5, 5.41) is 4.97. The molecule has 2 heterocycles. The summed E-state index contributed by atoms with van der Waals surface area (Å²) in [5.41, 5.74) is 0.260. The average Bonchev–Trinajstić information content (AvgIpc) is 3.06. The third-order valence-electron chi connectivity index (χ3n) is 4.12. The van der Waals surface area contributed by atoms with Gasteiger partial charge in [0.15, 0.2) is 0 Å². The molecule has 1 aromatic heterocycles. The minimum atomic E-state index is -0.491. The fourth-order valence-corrected chi connectivity index (χ4v) is 3.09. The summed E-state index contributed by atoms with van der Waals surface area (Å²) in [4.78, 5) is 18.3. The second-order valence-corrected chi connectivity index (χ2v) is 8.14. The van der Waals surface area contributed by atoms with Crippen molar-refractivity contribution in [1.29, 1.82) is 0 Å². The number of aromatic nitrogens is 2. The summed E-state index contributed by atoms with van der Waals surface area (Å²) in [5.74, 6) is 1.18. The molecule has 0 spiro atoms. The monoisotopic (exact) mass is 397 g/mol. The highest BCUT2D eigenvalue weighted by Crippen LogP contribution is 2.31. The Hall–Kier alpha value is -1.79. The lowest BCUT2D eigenvalue weighted by atomic mass is 9.97. The number of benzene rings is 1. The number of likely N-dealkylation sites (tertiary alicyclic amines) is 1. The van der Waals surface area contributed by atoms with Crippen molar-refractivity contribution < 1.29 is 14.1 Å². The fraction of sp³-hybridized carbons (Fsp3) is 0.500. The van der Waals surface area contributed by atoms with Crippen LogP contribution < -0.4 is 0 Å². The van der Waals surface area contributed by atoms with Crippen LogP contribution in [0.5, 0.6) is 0 Å². The lowest BCUT2D eigenvalue weighted by Crippen LogP contribution is -2.41. The van der Waals surface area contributed by atoms with Gasteiger partial charge in [-0.25, -0.2) is 4.79 Å². The minimum absolute atomic E-state index is 0.123. The SMILES string of the molecule is CC(C)(C)OC(=O)N1CCC(c2nc(-c3ccc(Cl)c(Cl)c3)no2)CC1. The van der Waals surface area contributed by atoms with Crippen molar-refractivity contribution in [2.45, 2.75) is 45.1 Å². The summed E-state index contributed by atoms with van der Waals surface area (Å²) in [6, 6.07) is 5.21. The Kier molecular flexibility index (Phi) is 5.44. The molecule has 1 aliphatic rings. The summed E-state index contributed by atoms with van der Waals surface area (Å²) in [6.07, 6.45) is 1.22. The molecule has 6 nitrogen and oxygen atoms in total. The van der Waals surface area contributed by atoms with Gasteiger partial charge in [-0.1, -0.05) is 28.4 Å². The molecule has 2 aromatic rings. The van der Waals surface area contributed by atoms with Gasteiger partial charge in [-0.3, -0.25) is 0 Å². The molecule has 1 saturated heterocycles. The summed E-state index contributed by atoms with van der Waals surface area (Å²) >= 11 is 12.0. The van der Waals surface area contributed by atoms with E-state index in [0.717, 1.165) is 18.4 Å². The van der Waals surface area contributed by atoms with E-state index in [0.29, 0.717) is 34.8 Å². The number of nitrogens with zero attached hydrogens (tertiary/aromatic N) is 3. The zero-order valence-corrected chi connectivity index (χ0v) is 16.5. The Morgan fingerprint density at radius 2 is 1.92 bits per heavy atom. The third-order valence-corrected chi connectivity index (χ3v) is 4.85. The molecule has 8 heteroatoms. The van der Waals surface area contributed by atoms with E-state index < -0.39 is 5.60 Å². The largest absolute Gasteiger partial charge is 0.444 e. The van der Waals surface area contributed by atoms with Crippen molar-refractivity contribution in [3.63, 3.8) is 0 Å². The van der Waals surface area contributed by atoms with E-state index in [1.54, 1.807) is 23.1 Å². The summed E-state index contributed by atoms with van der Waals surface area (Å²) < 4.78 is 10.8. The molecule has 0 bridgehead atoms. The van der Waals surface area contributed by atoms with Crippen molar-refractivity contribution in [3.05, 3.63) is 34.1 Å². The molecule has 0 N–H and O–H groups in total. The van der Waals surface area contributed by atoms with Gasteiger partial charge in [0.2, 0.25) is 11.7 Å². The minimum Gasteiger partial charge on any atom is -0.444 e. The van der Waals surface area contributed by atoms with E-state index in [-0.39, 0.29) is 12.0 Å². The van der Waals surface area contributed by atoms with Crippen LogP contribution in [0.25, 0.3) is 11.4 Å². The number of amides is 1. The number of ether oxygens (including phenoxy) is 1. The van der Waals surface area contributed by atoms with Gasteiger partial charge in [-0.2, -0.15) is 4.98 Å². The molecular weight excluding hydrogens is 377 g/mol. The maximum atomic E-state index is 12.1. The highest BCUT2D eigenvalue weighted by atomic mass is 35.5. The Bertz CT molecular complexity index is 793. The predicted octanol–water partition coefficient (Wildman–Crippen LogP) is 5.16. The van der Waals surface area contributed by atoms with Gasteiger partial charge in [0, 0.05) is 24.6 Å². The van der Waals surface area contributed by atoms with Gasteiger partial charge in [0.1, 0.15) is 5.60 Å². The standard InChI is InChI=1S/C18H21Cl2N3O3/c1-18(2,3)25-17(24)23-8-6-11(7-9-23)16-21-15(22-26-16)12-4-5-13(19)14(20)10-12/h4-5,10-11H,6-9H2,1-3H3. The first-order chi connectivity index (χ1) is 12.2. The van der Waals surface area contributed by atoms with Crippen LogP contribution in [-0.4, -0.2) is 39.8 Å². The highest BCUT2D eigenvalue weighted by Gasteiger charge is 2.30. The lowest BCUT2D eigenvalue weighted by Gasteiger charge is -2.32. The highest BCUT2D eigenvalue weighted by molar-refractivity contribution is 6.42. The van der Waals surface area contributed by atoms with E-state index in [1.165, 1.54) is 0 Å². The summed E-state index contributed by atoms with van der Waals surface area (Å²) in [6.45, 7) is 6.79. The van der Waals surface area contributed by atoms with Crippen LogP contribution >= 0.6 is 23.2 Å². The van der Waals surface area contributed by atoms with E-state index in [2.05, 4.69) is 10.1 Å². The number of hydrogen-bond acceptors (Lipinski definition) is 5. The van der Waals surface area contributed by atoms with Crippen LogP contribution in [-0.2, 0) is 4.74 Å². The van der Waals surface area contributed by atoms with Crippen molar-refractivity contribution >= 4 is 29.3 Å². The van der Waals surface area contributed by atoms with Gasteiger partial charge in [0.25, 0.3) is 0 Å². The smallest absolute Gasteiger partial charge is 0.410 e. The van der Waals surface area contributed by atoms with E-state index >= 15 is 0 Å². The molecule has 1 amide bonds. The number of carbonyl (C=O) groups excluding carboxylic acids is 1. The first-order valence-electron chi connectivity index (χ1n) is 8.50. The fourth-order valence-electron chi connectivity index (χ4n) is 2.79. The number of carbonyl (C=O) groups is 1. The maximum Gasteiger partial charge on any atom is 0.410 e. The number of rotatable bonds is 2. The van der Waals surface area contributed by atoms with Crippen LogP contribution in [0.4, 0.5) is 4.79 Å². The lowest BCUT2D eigenvalue weighted by molar-refractivity contribution is 0.0198. The first-order valence-corrected chi connectivity index (χ1v) is 9.25. The van der Waals surface area contributed by atoms with Crippen molar-refractivity contribution in [3.8, 4) is 11.4 Å². The quantitative estimate of drug-likeness (QED) is 0.699. The van der Waals surface area contributed by atoms with E-state index in [9.17, 15) is 4.79 Å². The van der Waals surface area contributed by atoms with Gasteiger partial charge < -0.3 is 14.2 Å². The van der Waals surface area contributed by atoms with Gasteiger partial charge in [-0.15, -0.1) is 0 Å². The number of piperidine rings is 1. The van der Waals surface area contributed by atoms with E-state index in [4.69, 9.17) is 32.5 Å². The Balaban J connectivity index is 1.63. The van der Waals surface area contributed by atoms with Crippen LogP contribution in [0.3, 0.4) is 0 Å². The Labute approximate surface area is 162 Å². The van der Waals surface area contributed by atoms with Crippen LogP contribution in [0.2, 0.25) is 10.0 Å². The molecule has 0 aliphatic carbocycles. The molecule has 3 rings (SSSR count). The van der Waals surface area contributed by atoms with Gasteiger partial charge in [0.05, 0.1) is 10.0 Å². The molecule has 1 aromatic carbocycles. The van der Waals surface area contributed by atoms with Crippen molar-refractivity contribution in [2.24, 2.45) is 0 Å². The topological polar surface area (TPSA) is 68.5 Å². The zero-order valence-electron chi connectivity index (χ0n) is 15.0. The molecular formula is C18H21Cl2N3O3. The first kappa shape index (κ1) is 19.0. The maximum absolute atomic E-state index is 12.1. The van der Waals surface area contributed by atoms with Crippen LogP contribution in [0, 0.1) is 0 Å². The molecule has 26 heavy (non-hydrogen) atoms. The van der Waals surface area contributed by atoms with Crippen LogP contribution in [0.1, 0.15) is 45.4 Å². The average molecular weight is 398 g/mol. The predicted molar refractivity (Wildman–Crippen MR) is 99.5 cm³/mol. The normalized spacial score (nSPS) is 16.0. The Morgan fingerprint density at radius 1 is 1.23 bits per heavy atom. The molecule has 1 aliphatic heterocycles. The van der Waals surface area contributed by atoms with Gasteiger partial charge in [-0.05, 0) is 51.8 Å².